The van der Waals surface area contributed by atoms with Crippen LogP contribution >= 0.6 is 0 Å². The first-order valence-corrected chi connectivity index (χ1v) is 7.80. The van der Waals surface area contributed by atoms with Crippen molar-refractivity contribution in [3.05, 3.63) is 36.0 Å². The van der Waals surface area contributed by atoms with Crippen molar-refractivity contribution in [2.24, 2.45) is 5.92 Å². The lowest BCUT2D eigenvalue weighted by atomic mass is 9.97. The second-order valence-corrected chi connectivity index (χ2v) is 6.26. The van der Waals surface area contributed by atoms with Gasteiger partial charge in [0.2, 0.25) is 5.89 Å². The predicted molar refractivity (Wildman–Crippen MR) is 81.2 cm³/mol. The van der Waals surface area contributed by atoms with Crippen LogP contribution in [0.15, 0.2) is 23.0 Å². The largest absolute Gasteiger partial charge is 0.368 e. The van der Waals surface area contributed by atoms with E-state index in [9.17, 15) is 4.39 Å². The molecule has 1 aliphatic rings. The van der Waals surface area contributed by atoms with Crippen LogP contribution in [0.2, 0.25) is 0 Å². The van der Waals surface area contributed by atoms with Crippen LogP contribution < -0.4 is 4.90 Å². The average molecular weight is 304 g/mol. The molecule has 1 atom stereocenters. The van der Waals surface area contributed by atoms with Gasteiger partial charge >= 0.3 is 0 Å². The molecule has 0 N–H and O–H groups in total. The average Bonchev–Trinajstić information content (AvgIpc) is 2.95. The highest BCUT2D eigenvalue weighted by atomic mass is 19.1. The topological polar surface area (TPSA) is 55.1 Å². The lowest BCUT2D eigenvalue weighted by Crippen LogP contribution is -2.35. The first-order chi connectivity index (χ1) is 10.6. The summed E-state index contributed by atoms with van der Waals surface area (Å²) < 4.78 is 19.3. The molecule has 3 heterocycles. The Morgan fingerprint density at radius 3 is 3.09 bits per heavy atom. The number of aromatic nitrogens is 3. The maximum atomic E-state index is 13.9. The first kappa shape index (κ1) is 14.9. The lowest BCUT2D eigenvalue weighted by Gasteiger charge is -2.32. The van der Waals surface area contributed by atoms with Gasteiger partial charge in [0, 0.05) is 25.7 Å². The van der Waals surface area contributed by atoms with Crippen LogP contribution in [0.4, 0.5) is 10.1 Å². The minimum atomic E-state index is -0.283. The SMILES string of the molecule is CC(C)Cc1noc(C2CCCN(c3ccncc3F)C2)n1. The molecule has 1 fully saturated rings. The zero-order valence-electron chi connectivity index (χ0n) is 13.0. The van der Waals surface area contributed by atoms with Crippen LogP contribution in [0, 0.1) is 11.7 Å². The highest BCUT2D eigenvalue weighted by Gasteiger charge is 2.27. The van der Waals surface area contributed by atoms with Gasteiger partial charge in [-0.1, -0.05) is 19.0 Å². The summed E-state index contributed by atoms with van der Waals surface area (Å²) in [5.41, 5.74) is 0.599. The Kier molecular flexibility index (Phi) is 4.36. The van der Waals surface area contributed by atoms with Crippen LogP contribution in [0.3, 0.4) is 0 Å². The van der Waals surface area contributed by atoms with Crippen LogP contribution in [0.5, 0.6) is 0 Å². The Labute approximate surface area is 129 Å². The Morgan fingerprint density at radius 2 is 2.32 bits per heavy atom. The van der Waals surface area contributed by atoms with Crippen LogP contribution in [-0.2, 0) is 6.42 Å². The second-order valence-electron chi connectivity index (χ2n) is 6.26. The van der Waals surface area contributed by atoms with Crippen molar-refractivity contribution >= 4 is 5.69 Å². The summed E-state index contributed by atoms with van der Waals surface area (Å²) in [4.78, 5) is 10.4. The monoisotopic (exact) mass is 304 g/mol. The molecular weight excluding hydrogens is 283 g/mol. The lowest BCUT2D eigenvalue weighted by molar-refractivity contribution is 0.329. The van der Waals surface area contributed by atoms with Crippen molar-refractivity contribution in [3.63, 3.8) is 0 Å². The van der Waals surface area contributed by atoms with Crippen LogP contribution in [0.1, 0.15) is 44.3 Å². The minimum Gasteiger partial charge on any atom is -0.368 e. The standard InChI is InChI=1S/C16H21FN4O/c1-11(2)8-15-19-16(22-20-15)12-4-3-7-21(10-12)14-5-6-18-9-13(14)17/h5-6,9,11-12H,3-4,7-8,10H2,1-2H3. The summed E-state index contributed by atoms with van der Waals surface area (Å²) in [7, 11) is 0. The third-order valence-corrected chi connectivity index (χ3v) is 3.94. The Morgan fingerprint density at radius 1 is 1.45 bits per heavy atom. The van der Waals surface area contributed by atoms with Gasteiger partial charge in [0.25, 0.3) is 0 Å². The maximum Gasteiger partial charge on any atom is 0.231 e. The summed E-state index contributed by atoms with van der Waals surface area (Å²) in [5, 5.41) is 4.06. The molecule has 0 bridgehead atoms. The van der Waals surface area contributed by atoms with E-state index in [4.69, 9.17) is 4.52 Å². The molecule has 1 saturated heterocycles. The molecule has 6 heteroatoms. The normalized spacial score (nSPS) is 18.9. The van der Waals surface area contributed by atoms with Crippen LogP contribution in [0.25, 0.3) is 0 Å². The molecule has 2 aromatic rings. The third-order valence-electron chi connectivity index (χ3n) is 3.94. The van der Waals surface area contributed by atoms with Crippen molar-refractivity contribution in [1.29, 1.82) is 0 Å². The molecule has 22 heavy (non-hydrogen) atoms. The van der Waals surface area contributed by atoms with Gasteiger partial charge in [-0.2, -0.15) is 4.98 Å². The molecule has 0 saturated carbocycles. The third kappa shape index (κ3) is 3.26. The minimum absolute atomic E-state index is 0.162. The number of rotatable bonds is 4. The van der Waals surface area contributed by atoms with Gasteiger partial charge in [-0.15, -0.1) is 0 Å². The molecule has 1 unspecified atom stereocenters. The number of piperidine rings is 1. The molecule has 0 aromatic carbocycles. The van der Waals surface area contributed by atoms with Gasteiger partial charge in [-0.25, -0.2) is 4.39 Å². The predicted octanol–water partition coefficient (Wildman–Crippen LogP) is 3.19. The highest BCUT2D eigenvalue weighted by molar-refractivity contribution is 5.47. The maximum absolute atomic E-state index is 13.9. The number of hydrogen-bond acceptors (Lipinski definition) is 5. The summed E-state index contributed by atoms with van der Waals surface area (Å²) in [6.45, 7) is 5.80. The first-order valence-electron chi connectivity index (χ1n) is 7.80. The van der Waals surface area contributed by atoms with Crippen molar-refractivity contribution < 1.29 is 8.91 Å². The van der Waals surface area contributed by atoms with E-state index in [0.29, 0.717) is 24.0 Å². The van der Waals surface area contributed by atoms with Gasteiger partial charge in [-0.05, 0) is 24.8 Å². The Hall–Kier alpha value is -1.98. The molecule has 2 aromatic heterocycles. The van der Waals surface area contributed by atoms with E-state index in [1.54, 1.807) is 12.3 Å². The van der Waals surface area contributed by atoms with E-state index in [1.807, 2.05) is 4.90 Å². The number of pyridine rings is 1. The zero-order chi connectivity index (χ0) is 15.5. The summed E-state index contributed by atoms with van der Waals surface area (Å²) in [5.74, 6) is 1.81. The van der Waals surface area contributed by atoms with Crippen molar-refractivity contribution in [3.8, 4) is 0 Å². The molecule has 5 nitrogen and oxygen atoms in total. The number of hydrogen-bond donors (Lipinski definition) is 0. The molecular formula is C16H21FN4O. The van der Waals surface area contributed by atoms with E-state index >= 15 is 0 Å². The van der Waals surface area contributed by atoms with E-state index in [-0.39, 0.29) is 11.7 Å². The summed E-state index contributed by atoms with van der Waals surface area (Å²) in [6.07, 6.45) is 5.67. The molecule has 3 rings (SSSR count). The molecule has 118 valence electrons. The zero-order valence-corrected chi connectivity index (χ0v) is 13.0. The van der Waals surface area contributed by atoms with Crippen LogP contribution in [-0.4, -0.2) is 28.2 Å². The molecule has 1 aliphatic heterocycles. The molecule has 0 spiro atoms. The Balaban J connectivity index is 1.73. The molecule has 0 amide bonds. The summed E-state index contributed by atoms with van der Waals surface area (Å²) >= 11 is 0. The molecule has 0 radical (unpaired) electrons. The Bertz CT molecular complexity index is 628. The quantitative estimate of drug-likeness (QED) is 0.868. The number of halogens is 1. The van der Waals surface area contributed by atoms with E-state index < -0.39 is 0 Å². The van der Waals surface area contributed by atoms with Crippen molar-refractivity contribution in [2.45, 2.75) is 39.0 Å². The fraction of sp³-hybridized carbons (Fsp3) is 0.562. The molecule has 0 aliphatic carbocycles. The van der Waals surface area contributed by atoms with Gasteiger partial charge in [-0.3, -0.25) is 4.98 Å². The second kappa shape index (κ2) is 6.42. The van der Waals surface area contributed by atoms with E-state index in [2.05, 4.69) is 29.0 Å². The fourth-order valence-electron chi connectivity index (χ4n) is 2.90. The smallest absolute Gasteiger partial charge is 0.231 e. The van der Waals surface area contributed by atoms with Gasteiger partial charge in [0.1, 0.15) is 0 Å². The number of anilines is 1. The van der Waals surface area contributed by atoms with Crippen molar-refractivity contribution in [2.75, 3.05) is 18.0 Å². The highest BCUT2D eigenvalue weighted by Crippen LogP contribution is 2.30. The number of nitrogens with zero attached hydrogens (tertiary/aromatic N) is 4. The van der Waals surface area contributed by atoms with E-state index in [0.717, 1.165) is 31.6 Å². The van der Waals surface area contributed by atoms with E-state index in [1.165, 1.54) is 6.20 Å². The van der Waals surface area contributed by atoms with Gasteiger partial charge in [0.05, 0.1) is 17.8 Å². The fourth-order valence-corrected chi connectivity index (χ4v) is 2.90. The van der Waals surface area contributed by atoms with Gasteiger partial charge < -0.3 is 9.42 Å². The summed E-state index contributed by atoms with van der Waals surface area (Å²) in [6, 6.07) is 1.72. The van der Waals surface area contributed by atoms with Crippen molar-refractivity contribution in [1.82, 2.24) is 15.1 Å². The van der Waals surface area contributed by atoms with Gasteiger partial charge in [0.15, 0.2) is 11.6 Å².